The van der Waals surface area contributed by atoms with Gasteiger partial charge < -0.3 is 14.6 Å². The first-order chi connectivity index (χ1) is 13.6. The summed E-state index contributed by atoms with van der Waals surface area (Å²) in [5.74, 6) is 0.392. The number of para-hydroxylation sites is 1. The second kappa shape index (κ2) is 7.72. The molecule has 28 heavy (non-hydrogen) atoms. The van der Waals surface area contributed by atoms with Crippen LogP contribution in [0.25, 0.3) is 11.1 Å². The van der Waals surface area contributed by atoms with E-state index in [1.54, 1.807) is 18.2 Å². The predicted molar refractivity (Wildman–Crippen MR) is 103 cm³/mol. The number of ether oxygens (including phenoxy) is 2. The number of hydrogen-bond donors (Lipinski definition) is 1. The number of aliphatic carboxylic acids is 1. The summed E-state index contributed by atoms with van der Waals surface area (Å²) in [7, 11) is 0. The first-order valence-electron chi connectivity index (χ1n) is 9.08. The minimum absolute atomic E-state index is 0.0816. The highest BCUT2D eigenvalue weighted by Crippen LogP contribution is 2.39. The molecule has 0 aliphatic heterocycles. The topological polar surface area (TPSA) is 55.8 Å². The number of carbonyl (C=O) groups is 1. The minimum Gasteiger partial charge on any atom is -0.493 e. The Morgan fingerprint density at radius 1 is 0.929 bits per heavy atom. The van der Waals surface area contributed by atoms with E-state index in [1.165, 1.54) is 12.1 Å². The van der Waals surface area contributed by atoms with Gasteiger partial charge in [0.25, 0.3) is 0 Å². The van der Waals surface area contributed by atoms with Gasteiger partial charge in [-0.05, 0) is 53.9 Å². The average Bonchev–Trinajstić information content (AvgIpc) is 3.47. The van der Waals surface area contributed by atoms with Gasteiger partial charge in [-0.3, -0.25) is 4.79 Å². The van der Waals surface area contributed by atoms with Crippen molar-refractivity contribution in [3.63, 3.8) is 0 Å². The molecule has 0 unspecified atom stereocenters. The third kappa shape index (κ3) is 4.31. The van der Waals surface area contributed by atoms with Gasteiger partial charge in [-0.15, -0.1) is 0 Å². The quantitative estimate of drug-likeness (QED) is 0.599. The highest BCUT2D eigenvalue weighted by Gasteiger charge is 2.43. The molecule has 0 spiro atoms. The van der Waals surface area contributed by atoms with Gasteiger partial charge in [-0.1, -0.05) is 30.3 Å². The molecule has 0 amide bonds. The maximum absolute atomic E-state index is 14.1. The maximum atomic E-state index is 14.1. The van der Waals surface area contributed by atoms with Gasteiger partial charge >= 0.3 is 5.97 Å². The number of rotatable bonds is 7. The zero-order chi connectivity index (χ0) is 19.5. The van der Waals surface area contributed by atoms with Crippen LogP contribution in [0.4, 0.5) is 4.39 Å². The Bertz CT molecular complexity index is 970. The Balaban J connectivity index is 1.44. The molecule has 2 atom stereocenters. The molecule has 3 aromatic carbocycles. The lowest BCUT2D eigenvalue weighted by molar-refractivity contribution is -0.138. The van der Waals surface area contributed by atoms with Crippen LogP contribution in [0.1, 0.15) is 6.42 Å². The SMILES string of the molecule is O=C(O)[C@@H]1C[C@H]1COc1ccc(-c2cc(F)cc(Oc3ccccc3)c2)cc1. The fourth-order valence-corrected chi connectivity index (χ4v) is 3.09. The van der Waals surface area contributed by atoms with E-state index in [0.717, 1.165) is 5.56 Å². The van der Waals surface area contributed by atoms with E-state index in [0.29, 0.717) is 35.8 Å². The monoisotopic (exact) mass is 378 g/mol. The van der Waals surface area contributed by atoms with Crippen LogP contribution in [0.3, 0.4) is 0 Å². The largest absolute Gasteiger partial charge is 0.493 e. The second-order valence-corrected chi connectivity index (χ2v) is 6.87. The van der Waals surface area contributed by atoms with E-state index in [4.69, 9.17) is 14.6 Å². The molecule has 1 aliphatic rings. The van der Waals surface area contributed by atoms with E-state index in [1.807, 2.05) is 42.5 Å². The molecule has 1 N–H and O–H groups in total. The minimum atomic E-state index is -0.761. The molecular formula is C23H19FO4. The van der Waals surface area contributed by atoms with Gasteiger partial charge in [0.2, 0.25) is 0 Å². The van der Waals surface area contributed by atoms with Crippen molar-refractivity contribution in [2.24, 2.45) is 11.8 Å². The molecule has 0 aromatic heterocycles. The third-order valence-electron chi connectivity index (χ3n) is 4.74. The lowest BCUT2D eigenvalue weighted by atomic mass is 10.1. The highest BCUT2D eigenvalue weighted by molar-refractivity contribution is 5.73. The van der Waals surface area contributed by atoms with Gasteiger partial charge in [0.15, 0.2) is 0 Å². The van der Waals surface area contributed by atoms with Crippen molar-refractivity contribution >= 4 is 5.97 Å². The van der Waals surface area contributed by atoms with Crippen LogP contribution in [-0.2, 0) is 4.79 Å². The maximum Gasteiger partial charge on any atom is 0.306 e. The molecule has 3 aromatic rings. The van der Waals surface area contributed by atoms with E-state index in [9.17, 15) is 9.18 Å². The number of carboxylic acid groups (broad SMARTS) is 1. The normalized spacial score (nSPS) is 17.8. The predicted octanol–water partition coefficient (Wildman–Crippen LogP) is 5.38. The average molecular weight is 378 g/mol. The van der Waals surface area contributed by atoms with E-state index >= 15 is 0 Å². The Kier molecular flexibility index (Phi) is 4.98. The number of hydrogen-bond acceptors (Lipinski definition) is 3. The zero-order valence-electron chi connectivity index (χ0n) is 15.0. The van der Waals surface area contributed by atoms with Gasteiger partial charge in [0.05, 0.1) is 12.5 Å². The van der Waals surface area contributed by atoms with Crippen LogP contribution in [0.5, 0.6) is 17.2 Å². The first-order valence-corrected chi connectivity index (χ1v) is 9.08. The molecule has 1 saturated carbocycles. The second-order valence-electron chi connectivity index (χ2n) is 6.87. The van der Waals surface area contributed by atoms with Crippen molar-refractivity contribution in [1.82, 2.24) is 0 Å². The van der Waals surface area contributed by atoms with Crippen LogP contribution < -0.4 is 9.47 Å². The molecule has 4 rings (SSSR count). The first kappa shape index (κ1) is 18.0. The summed E-state index contributed by atoms with van der Waals surface area (Å²) in [6, 6.07) is 21.1. The lowest BCUT2D eigenvalue weighted by Crippen LogP contribution is -2.06. The number of halogens is 1. The van der Waals surface area contributed by atoms with Crippen molar-refractivity contribution in [2.75, 3.05) is 6.61 Å². The fourth-order valence-electron chi connectivity index (χ4n) is 3.09. The van der Waals surface area contributed by atoms with Crippen LogP contribution in [0.2, 0.25) is 0 Å². The molecule has 5 heteroatoms. The van der Waals surface area contributed by atoms with Crippen LogP contribution in [0.15, 0.2) is 72.8 Å². The summed E-state index contributed by atoms with van der Waals surface area (Å²) in [5.41, 5.74) is 1.53. The van der Waals surface area contributed by atoms with E-state index in [2.05, 4.69) is 0 Å². The summed E-state index contributed by atoms with van der Waals surface area (Å²) in [5, 5.41) is 8.92. The van der Waals surface area contributed by atoms with Crippen molar-refractivity contribution < 1.29 is 23.8 Å². The molecule has 0 saturated heterocycles. The van der Waals surface area contributed by atoms with Crippen LogP contribution in [-0.4, -0.2) is 17.7 Å². The molecule has 0 radical (unpaired) electrons. The van der Waals surface area contributed by atoms with Crippen molar-refractivity contribution in [2.45, 2.75) is 6.42 Å². The fraction of sp³-hybridized carbons (Fsp3) is 0.174. The van der Waals surface area contributed by atoms with Gasteiger partial charge in [-0.2, -0.15) is 0 Å². The smallest absolute Gasteiger partial charge is 0.306 e. The Labute approximate surface area is 162 Å². The summed E-state index contributed by atoms with van der Waals surface area (Å²) >= 11 is 0. The van der Waals surface area contributed by atoms with Gasteiger partial charge in [-0.25, -0.2) is 4.39 Å². The highest BCUT2D eigenvalue weighted by atomic mass is 19.1. The Hall–Kier alpha value is -3.34. The summed E-state index contributed by atoms with van der Waals surface area (Å²) in [6.07, 6.45) is 0.668. The van der Waals surface area contributed by atoms with Gasteiger partial charge in [0.1, 0.15) is 23.1 Å². The summed E-state index contributed by atoms with van der Waals surface area (Å²) < 4.78 is 25.5. The molecule has 0 bridgehead atoms. The number of carboxylic acids is 1. The molecule has 1 aliphatic carbocycles. The van der Waals surface area contributed by atoms with Crippen LogP contribution >= 0.6 is 0 Å². The van der Waals surface area contributed by atoms with E-state index in [-0.39, 0.29) is 17.7 Å². The van der Waals surface area contributed by atoms with Crippen molar-refractivity contribution in [1.29, 1.82) is 0 Å². The number of benzene rings is 3. The van der Waals surface area contributed by atoms with Gasteiger partial charge in [0, 0.05) is 12.0 Å². The zero-order valence-corrected chi connectivity index (χ0v) is 15.0. The van der Waals surface area contributed by atoms with Crippen molar-refractivity contribution in [3.05, 3.63) is 78.6 Å². The Morgan fingerprint density at radius 2 is 1.68 bits per heavy atom. The van der Waals surface area contributed by atoms with Crippen molar-refractivity contribution in [3.8, 4) is 28.4 Å². The third-order valence-corrected chi connectivity index (χ3v) is 4.74. The summed E-state index contributed by atoms with van der Waals surface area (Å²) in [6.45, 7) is 0.394. The Morgan fingerprint density at radius 3 is 2.36 bits per heavy atom. The standard InChI is InChI=1S/C23H19FO4/c24-18-10-16(11-21(13-18)28-20-4-2-1-3-5-20)15-6-8-19(9-7-15)27-14-17-12-22(17)23(25)26/h1-11,13,17,22H,12,14H2,(H,25,26)/t17-,22+/m0/s1. The summed E-state index contributed by atoms with van der Waals surface area (Å²) in [4.78, 5) is 10.9. The van der Waals surface area contributed by atoms with E-state index < -0.39 is 5.97 Å². The molecule has 0 heterocycles. The molecule has 1 fully saturated rings. The lowest BCUT2D eigenvalue weighted by Gasteiger charge is -2.10. The molecule has 4 nitrogen and oxygen atoms in total. The van der Waals surface area contributed by atoms with Crippen LogP contribution in [0, 0.1) is 17.7 Å². The molecule has 142 valence electrons. The molecular weight excluding hydrogens is 359 g/mol.